The molecule has 4 nitrogen and oxygen atoms in total. The number of amides is 1. The molecule has 0 saturated heterocycles. The molecular weight excluding hydrogens is 468 g/mol. The van der Waals surface area contributed by atoms with Gasteiger partial charge in [-0.1, -0.05) is 114 Å². The summed E-state index contributed by atoms with van der Waals surface area (Å²) in [5.41, 5.74) is 1.98. The zero-order chi connectivity index (χ0) is 25.8. The van der Waals surface area contributed by atoms with Crippen molar-refractivity contribution in [1.82, 2.24) is 10.2 Å². The number of carbonyl (C=O) groups is 1. The average Bonchev–Trinajstić information content (AvgIpc) is 2.88. The van der Waals surface area contributed by atoms with Crippen molar-refractivity contribution in [2.45, 2.75) is 104 Å². The fourth-order valence-corrected chi connectivity index (χ4v) is 4.82. The summed E-state index contributed by atoms with van der Waals surface area (Å²) < 4.78 is 5.90. The Morgan fingerprint density at radius 1 is 0.944 bits per heavy atom. The highest BCUT2D eigenvalue weighted by Crippen LogP contribution is 2.23. The molecule has 1 amide bonds. The van der Waals surface area contributed by atoms with Crippen LogP contribution in [0.3, 0.4) is 0 Å². The van der Waals surface area contributed by atoms with Gasteiger partial charge < -0.3 is 15.0 Å². The first kappa shape index (κ1) is 30.3. The fourth-order valence-electron chi connectivity index (χ4n) is 4.58. The number of unbranched alkanes of at least 4 members (excludes halogenated alkanes) is 11. The summed E-state index contributed by atoms with van der Waals surface area (Å²) in [5, 5.41) is 3.63. The zero-order valence-electron chi connectivity index (χ0n) is 22.8. The zero-order valence-corrected chi connectivity index (χ0v) is 23.6. The third kappa shape index (κ3) is 12.9. The Morgan fingerprint density at radius 2 is 1.61 bits per heavy atom. The van der Waals surface area contributed by atoms with Crippen LogP contribution in [0.25, 0.3) is 0 Å². The van der Waals surface area contributed by atoms with Gasteiger partial charge in [-0.2, -0.15) is 0 Å². The molecule has 1 N–H and O–H groups in total. The molecule has 0 spiro atoms. The Bertz CT molecular complexity index is 806. The molecule has 1 aromatic carbocycles. The van der Waals surface area contributed by atoms with Crippen LogP contribution in [0.1, 0.15) is 103 Å². The molecule has 5 heteroatoms. The first-order chi connectivity index (χ1) is 17.6. The van der Waals surface area contributed by atoms with E-state index in [1.165, 1.54) is 70.6 Å². The number of hydrogen-bond acceptors (Lipinski definition) is 3. The van der Waals surface area contributed by atoms with Crippen molar-refractivity contribution < 1.29 is 9.53 Å². The number of hydrogen-bond donors (Lipinski definition) is 1. The Hall–Kier alpha value is -1.94. The summed E-state index contributed by atoms with van der Waals surface area (Å²) in [4.78, 5) is 14.8. The van der Waals surface area contributed by atoms with E-state index in [0.29, 0.717) is 18.2 Å². The van der Waals surface area contributed by atoms with Crippen LogP contribution in [0, 0.1) is 0 Å². The minimum atomic E-state index is -0.0195. The predicted molar refractivity (Wildman–Crippen MR) is 154 cm³/mol. The molecule has 1 aromatic rings. The van der Waals surface area contributed by atoms with E-state index in [1.54, 1.807) is 0 Å². The highest BCUT2D eigenvalue weighted by Gasteiger charge is 2.13. The maximum atomic E-state index is 12.5. The molecule has 0 aromatic heterocycles. The maximum Gasteiger partial charge on any atom is 0.224 e. The van der Waals surface area contributed by atoms with Crippen LogP contribution in [-0.2, 0) is 11.2 Å². The van der Waals surface area contributed by atoms with Gasteiger partial charge in [-0.05, 0) is 36.6 Å². The molecule has 0 unspecified atom stereocenters. The summed E-state index contributed by atoms with van der Waals surface area (Å²) >= 11 is 6.46. The average molecular weight is 517 g/mol. The second-order valence-corrected chi connectivity index (χ2v) is 10.4. The molecular formula is C31H49ClN2O2. The third-order valence-electron chi connectivity index (χ3n) is 6.76. The molecule has 2 rings (SSSR count). The van der Waals surface area contributed by atoms with Crippen molar-refractivity contribution in [2.24, 2.45) is 0 Å². The number of rotatable bonds is 20. The normalized spacial score (nSPS) is 13.1. The quantitative estimate of drug-likeness (QED) is 0.177. The Labute approximate surface area is 225 Å². The Morgan fingerprint density at radius 3 is 2.25 bits per heavy atom. The summed E-state index contributed by atoms with van der Waals surface area (Å²) in [7, 11) is 0. The van der Waals surface area contributed by atoms with Crippen LogP contribution >= 0.6 is 11.6 Å². The van der Waals surface area contributed by atoms with E-state index in [1.807, 2.05) is 18.2 Å². The predicted octanol–water partition coefficient (Wildman–Crippen LogP) is 8.24. The van der Waals surface area contributed by atoms with E-state index in [4.69, 9.17) is 16.3 Å². The van der Waals surface area contributed by atoms with Crippen LogP contribution < -0.4 is 10.1 Å². The minimum Gasteiger partial charge on any atom is -0.494 e. The lowest BCUT2D eigenvalue weighted by Gasteiger charge is -2.28. The van der Waals surface area contributed by atoms with Gasteiger partial charge in [0.1, 0.15) is 5.75 Å². The lowest BCUT2D eigenvalue weighted by Crippen LogP contribution is -2.35. The van der Waals surface area contributed by atoms with Crippen molar-refractivity contribution in [2.75, 3.05) is 26.2 Å². The van der Waals surface area contributed by atoms with Crippen LogP contribution in [0.15, 0.2) is 42.1 Å². The molecule has 0 atom stereocenters. The van der Waals surface area contributed by atoms with Gasteiger partial charge in [-0.15, -0.1) is 0 Å². The van der Waals surface area contributed by atoms with Crippen LogP contribution in [0.5, 0.6) is 5.75 Å². The van der Waals surface area contributed by atoms with Crippen molar-refractivity contribution in [3.63, 3.8) is 0 Å². The van der Waals surface area contributed by atoms with Gasteiger partial charge in [0.05, 0.1) is 19.6 Å². The number of carbonyl (C=O) groups excluding carboxylic acids is 1. The summed E-state index contributed by atoms with van der Waals surface area (Å²) in [6.45, 7) is 7.60. The van der Waals surface area contributed by atoms with E-state index in [0.717, 1.165) is 42.9 Å². The van der Waals surface area contributed by atoms with E-state index >= 15 is 0 Å². The Balaban J connectivity index is 1.56. The van der Waals surface area contributed by atoms with Gasteiger partial charge in [-0.25, -0.2) is 0 Å². The SMILES string of the molecule is CCCCCCCCCCCCCCOc1ccc(CC(=O)NCC2=CC=CCN2CCC)c(Cl)c1. The molecule has 1 aliphatic rings. The van der Waals surface area contributed by atoms with Gasteiger partial charge in [0.15, 0.2) is 0 Å². The maximum absolute atomic E-state index is 12.5. The smallest absolute Gasteiger partial charge is 0.224 e. The van der Waals surface area contributed by atoms with Gasteiger partial charge in [0.25, 0.3) is 0 Å². The van der Waals surface area contributed by atoms with E-state index in [9.17, 15) is 4.79 Å². The van der Waals surface area contributed by atoms with Crippen LogP contribution in [0.4, 0.5) is 0 Å². The molecule has 0 saturated carbocycles. The number of nitrogens with zero attached hydrogens (tertiary/aromatic N) is 1. The summed E-state index contributed by atoms with van der Waals surface area (Å²) in [5.74, 6) is 0.760. The lowest BCUT2D eigenvalue weighted by atomic mass is 10.1. The monoisotopic (exact) mass is 516 g/mol. The molecule has 36 heavy (non-hydrogen) atoms. The number of benzene rings is 1. The van der Waals surface area contributed by atoms with Gasteiger partial charge >= 0.3 is 0 Å². The van der Waals surface area contributed by atoms with Crippen LogP contribution in [0.2, 0.25) is 5.02 Å². The van der Waals surface area contributed by atoms with Crippen LogP contribution in [-0.4, -0.2) is 37.0 Å². The number of nitrogens with one attached hydrogen (secondary N) is 1. The third-order valence-corrected chi connectivity index (χ3v) is 7.11. The molecule has 0 fully saturated rings. The highest BCUT2D eigenvalue weighted by atomic mass is 35.5. The number of ether oxygens (including phenoxy) is 1. The molecule has 1 aliphatic heterocycles. The second kappa shape index (κ2) is 19.2. The van der Waals surface area contributed by atoms with Crippen molar-refractivity contribution in [3.8, 4) is 5.75 Å². The van der Waals surface area contributed by atoms with E-state index in [2.05, 4.69) is 42.3 Å². The molecule has 1 heterocycles. The molecule has 0 bridgehead atoms. The van der Waals surface area contributed by atoms with Crippen molar-refractivity contribution >= 4 is 17.5 Å². The lowest BCUT2D eigenvalue weighted by molar-refractivity contribution is -0.120. The van der Waals surface area contributed by atoms with Gasteiger partial charge in [0.2, 0.25) is 5.91 Å². The topological polar surface area (TPSA) is 41.6 Å². The molecule has 0 aliphatic carbocycles. The van der Waals surface area contributed by atoms with Crippen molar-refractivity contribution in [1.29, 1.82) is 0 Å². The molecule has 202 valence electrons. The largest absolute Gasteiger partial charge is 0.494 e. The first-order valence-corrected chi connectivity index (χ1v) is 14.8. The highest BCUT2D eigenvalue weighted by molar-refractivity contribution is 6.31. The van der Waals surface area contributed by atoms with Crippen molar-refractivity contribution in [3.05, 3.63) is 52.7 Å². The second-order valence-electron chi connectivity index (χ2n) is 9.98. The van der Waals surface area contributed by atoms with E-state index < -0.39 is 0 Å². The summed E-state index contributed by atoms with van der Waals surface area (Å²) in [6, 6.07) is 5.67. The number of halogens is 1. The Kier molecular flexibility index (Phi) is 16.2. The minimum absolute atomic E-state index is 0.0195. The first-order valence-electron chi connectivity index (χ1n) is 14.4. The molecule has 0 radical (unpaired) electrons. The van der Waals surface area contributed by atoms with Gasteiger partial charge in [-0.3, -0.25) is 4.79 Å². The summed E-state index contributed by atoms with van der Waals surface area (Å²) in [6.07, 6.45) is 23.7. The van der Waals surface area contributed by atoms with E-state index in [-0.39, 0.29) is 12.3 Å². The standard InChI is InChI=1S/C31H49ClN2O2/c1-3-5-6-7-8-9-10-11-12-13-14-17-23-36-29-20-19-27(30(32)25-29)24-31(35)33-26-28-18-15-16-22-34(28)21-4-2/h15-16,18-20,25H,3-14,17,21-24,26H2,1-2H3,(H,33,35). The van der Waals surface area contributed by atoms with Gasteiger partial charge in [0, 0.05) is 23.8 Å². The number of allylic oxidation sites excluding steroid dienone is 2. The fraction of sp³-hybridized carbons (Fsp3) is 0.645.